The molecule has 0 fully saturated rings. The average molecular weight is 899 g/mol. The highest BCUT2D eigenvalue weighted by molar-refractivity contribution is 5.94. The van der Waals surface area contributed by atoms with E-state index in [1.54, 1.807) is 11.9 Å². The third-order valence-electron chi connectivity index (χ3n) is 12.1. The van der Waals surface area contributed by atoms with Gasteiger partial charge >= 0.3 is 5.97 Å². The van der Waals surface area contributed by atoms with Crippen LogP contribution in [0.3, 0.4) is 0 Å². The summed E-state index contributed by atoms with van der Waals surface area (Å²) >= 11 is 0. The normalized spacial score (nSPS) is 18.5. The number of unbranched alkanes of at least 4 members (excludes halogenated alkanes) is 12. The molecule has 10 N–H and O–H groups in total. The highest BCUT2D eigenvalue weighted by atomic mass is 16.4. The second kappa shape index (κ2) is 27.5. The largest absolute Gasteiger partial charge is 0.507 e. The Balaban J connectivity index is 1.56. The number of nitrogens with zero attached hydrogens (tertiary/aromatic N) is 2. The summed E-state index contributed by atoms with van der Waals surface area (Å²) in [5, 5.41) is 73.6. The van der Waals surface area contributed by atoms with Gasteiger partial charge in [0.25, 0.3) is 0 Å². The van der Waals surface area contributed by atoms with Gasteiger partial charge in [0.2, 0.25) is 23.6 Å². The van der Waals surface area contributed by atoms with E-state index >= 15 is 0 Å². The molecule has 0 radical (unpaired) electrons. The van der Waals surface area contributed by atoms with Gasteiger partial charge in [-0.25, -0.2) is 4.79 Å². The molecule has 0 aromatic heterocycles. The summed E-state index contributed by atoms with van der Waals surface area (Å²) in [5.74, 6) is -4.68. The summed E-state index contributed by atoms with van der Waals surface area (Å²) in [6.07, 6.45) is 13.7. The van der Waals surface area contributed by atoms with Crippen molar-refractivity contribution in [2.45, 2.75) is 166 Å². The fourth-order valence-electron chi connectivity index (χ4n) is 7.88. The molecule has 4 amide bonds. The van der Waals surface area contributed by atoms with Gasteiger partial charge in [-0.1, -0.05) is 96.1 Å². The molecular weight excluding hydrogens is 825 g/mol. The molecule has 0 saturated carbocycles. The van der Waals surface area contributed by atoms with Crippen LogP contribution in [-0.2, 0) is 30.4 Å². The van der Waals surface area contributed by atoms with Crippen LogP contribution in [0.1, 0.15) is 134 Å². The number of carboxylic acid groups (broad SMARTS) is 1. The number of aliphatic hydroxyl groups excluding tert-OH is 3. The van der Waals surface area contributed by atoms with Crippen LogP contribution in [0.5, 0.6) is 11.5 Å². The van der Waals surface area contributed by atoms with E-state index in [2.05, 4.69) is 28.2 Å². The number of likely N-dealkylation sites (N-methyl/N-ethyl adjacent to an activating group) is 2. The lowest BCUT2D eigenvalue weighted by atomic mass is 9.94. The zero-order chi connectivity index (χ0) is 47.3. The molecule has 1 heterocycles. The summed E-state index contributed by atoms with van der Waals surface area (Å²) in [6, 6.07) is 2.71. The maximum atomic E-state index is 13.9. The molecule has 0 saturated heterocycles. The molecular formula is C47H74N6O11. The SMILES string of the molecule is CCCCCCCCCCCCCCCC(O)N(C)[C@H](CO)CC(=O)N[C@H](C)C(O)NCC(=O)N(C)[C@@H]1C(=O)N[C@@H](C)C(=O)N[C@H](C(=O)O)Cc2ccc(O)c(c2)-c2cc1ccc2O. The van der Waals surface area contributed by atoms with Crippen molar-refractivity contribution in [2.24, 2.45) is 0 Å². The van der Waals surface area contributed by atoms with E-state index in [9.17, 15) is 54.6 Å². The summed E-state index contributed by atoms with van der Waals surface area (Å²) in [6.45, 7) is 4.20. The minimum absolute atomic E-state index is 0.0913. The van der Waals surface area contributed by atoms with E-state index < -0.39 is 78.8 Å². The summed E-state index contributed by atoms with van der Waals surface area (Å²) in [7, 11) is 2.97. The van der Waals surface area contributed by atoms with E-state index in [1.165, 1.54) is 122 Å². The lowest BCUT2D eigenvalue weighted by molar-refractivity contribution is -0.143. The highest BCUT2D eigenvalue weighted by Crippen LogP contribution is 2.38. The standard InChI is InChI=1S/C47H74N6O11/c1-6-7-8-9-10-11-12-13-14-15-16-17-18-19-41(58)52(4)34(29-54)27-40(57)49-30(2)44(60)48-28-42(59)53(5)43-33-21-23-39(56)36(26-33)35-24-32(20-22-38(35)55)25-37(47(63)64)51-45(61)31(3)50-46(43)62/h20-24,26,30-31,34,37,41,43-44,48,54-56,58,60H,6-19,25,27-29H2,1-5H3,(H,49,57)(H,50,62)(H,51,61)(H,63,64)/t30-,31+,34+,37+,41?,43+,44?/m1/s1. The minimum Gasteiger partial charge on any atom is -0.507 e. The predicted octanol–water partition coefficient (Wildman–Crippen LogP) is 3.79. The third kappa shape index (κ3) is 17.0. The number of amides is 4. The van der Waals surface area contributed by atoms with Crippen molar-refractivity contribution in [3.05, 3.63) is 47.5 Å². The molecule has 3 rings (SSSR count). The number of carbonyl (C=O) groups excluding carboxylic acids is 4. The molecule has 17 heteroatoms. The molecule has 7 atom stereocenters. The fourth-order valence-corrected chi connectivity index (χ4v) is 7.88. The predicted molar refractivity (Wildman–Crippen MR) is 243 cm³/mol. The number of nitrogens with one attached hydrogen (secondary N) is 4. The van der Waals surface area contributed by atoms with Crippen LogP contribution < -0.4 is 21.3 Å². The third-order valence-corrected chi connectivity index (χ3v) is 12.1. The molecule has 0 spiro atoms. The van der Waals surface area contributed by atoms with Gasteiger partial charge in [0.1, 0.15) is 42.1 Å². The molecule has 17 nitrogen and oxygen atoms in total. The van der Waals surface area contributed by atoms with Gasteiger partial charge in [0, 0.05) is 37.1 Å². The number of carbonyl (C=O) groups is 5. The maximum absolute atomic E-state index is 13.9. The van der Waals surface area contributed by atoms with E-state index in [1.807, 2.05) is 0 Å². The number of rotatable bonds is 26. The van der Waals surface area contributed by atoms with Crippen LogP contribution in [0.4, 0.5) is 0 Å². The van der Waals surface area contributed by atoms with Crippen molar-refractivity contribution in [1.29, 1.82) is 0 Å². The highest BCUT2D eigenvalue weighted by Gasteiger charge is 2.34. The second-order valence-corrected chi connectivity index (χ2v) is 17.3. The van der Waals surface area contributed by atoms with Gasteiger partial charge in [-0.3, -0.25) is 29.4 Å². The lowest BCUT2D eigenvalue weighted by Crippen LogP contribution is -2.54. The first-order valence-corrected chi connectivity index (χ1v) is 22.9. The molecule has 1 aliphatic heterocycles. The molecule has 4 bridgehead atoms. The van der Waals surface area contributed by atoms with E-state index in [0.29, 0.717) is 12.0 Å². The van der Waals surface area contributed by atoms with Crippen molar-refractivity contribution < 1.29 is 54.6 Å². The molecule has 64 heavy (non-hydrogen) atoms. The van der Waals surface area contributed by atoms with Crippen LogP contribution in [0.25, 0.3) is 11.1 Å². The number of phenols is 2. The number of aliphatic hydroxyl groups is 3. The number of benzene rings is 2. The number of fused-ring (bicyclic) bond motifs is 5. The van der Waals surface area contributed by atoms with Gasteiger partial charge in [0.05, 0.1) is 19.2 Å². The summed E-state index contributed by atoms with van der Waals surface area (Å²) < 4.78 is 0. The zero-order valence-corrected chi connectivity index (χ0v) is 38.4. The number of aliphatic carboxylic acids is 1. The molecule has 1 aliphatic rings. The van der Waals surface area contributed by atoms with Crippen molar-refractivity contribution in [2.75, 3.05) is 27.2 Å². The maximum Gasteiger partial charge on any atom is 0.326 e. The monoisotopic (exact) mass is 899 g/mol. The molecule has 358 valence electrons. The Morgan fingerprint density at radius 1 is 0.812 bits per heavy atom. The topological polar surface area (TPSA) is 261 Å². The average Bonchev–Trinajstić information content (AvgIpc) is 3.26. The van der Waals surface area contributed by atoms with Crippen LogP contribution in [0, 0.1) is 0 Å². The lowest BCUT2D eigenvalue weighted by Gasteiger charge is -2.31. The Hall–Kier alpha value is -4.81. The van der Waals surface area contributed by atoms with Crippen LogP contribution in [0.2, 0.25) is 0 Å². The number of hydrogen-bond acceptors (Lipinski definition) is 12. The first-order chi connectivity index (χ1) is 30.5. The Morgan fingerprint density at radius 3 is 1.95 bits per heavy atom. The number of hydrogen-bond donors (Lipinski definition) is 10. The smallest absolute Gasteiger partial charge is 0.326 e. The molecule has 2 unspecified atom stereocenters. The van der Waals surface area contributed by atoms with E-state index in [4.69, 9.17) is 0 Å². The first-order valence-electron chi connectivity index (χ1n) is 22.9. The van der Waals surface area contributed by atoms with Crippen LogP contribution in [-0.4, -0.2) is 134 Å². The number of carboxylic acids is 1. The van der Waals surface area contributed by atoms with E-state index in [0.717, 1.165) is 24.2 Å². The number of phenolic OH excluding ortho intramolecular Hbond substituents is 2. The summed E-state index contributed by atoms with van der Waals surface area (Å²) in [4.78, 5) is 68.4. The van der Waals surface area contributed by atoms with Gasteiger partial charge in [-0.2, -0.15) is 0 Å². The van der Waals surface area contributed by atoms with Crippen molar-refractivity contribution in [3.8, 4) is 22.6 Å². The Labute approximate surface area is 378 Å². The Kier molecular flexibility index (Phi) is 23.0. The first kappa shape index (κ1) is 53.5. The summed E-state index contributed by atoms with van der Waals surface area (Å²) in [5.41, 5.74) is 0.823. The van der Waals surface area contributed by atoms with Gasteiger partial charge in [-0.15, -0.1) is 0 Å². The second-order valence-electron chi connectivity index (χ2n) is 17.3. The van der Waals surface area contributed by atoms with Crippen molar-refractivity contribution in [1.82, 2.24) is 31.1 Å². The quantitative estimate of drug-likeness (QED) is 0.0477. The van der Waals surface area contributed by atoms with Crippen LogP contribution >= 0.6 is 0 Å². The zero-order valence-electron chi connectivity index (χ0n) is 38.4. The molecule has 2 aromatic rings. The van der Waals surface area contributed by atoms with Gasteiger partial charge < -0.3 is 51.5 Å². The van der Waals surface area contributed by atoms with E-state index in [-0.39, 0.29) is 47.6 Å². The van der Waals surface area contributed by atoms with Crippen molar-refractivity contribution in [3.63, 3.8) is 0 Å². The van der Waals surface area contributed by atoms with Crippen LogP contribution in [0.15, 0.2) is 36.4 Å². The van der Waals surface area contributed by atoms with Gasteiger partial charge in [-0.05, 0) is 69.1 Å². The molecule has 2 aromatic carbocycles. The Morgan fingerprint density at radius 2 is 1.38 bits per heavy atom. The fraction of sp³-hybridized carbons (Fsp3) is 0.638. The minimum atomic E-state index is -1.44. The Bertz CT molecular complexity index is 1810. The van der Waals surface area contributed by atoms with Crippen molar-refractivity contribution >= 4 is 29.6 Å². The number of aromatic hydroxyl groups is 2. The molecule has 0 aliphatic carbocycles. The van der Waals surface area contributed by atoms with Gasteiger partial charge in [0.15, 0.2) is 0 Å².